The molecule has 1 fully saturated rings. The fourth-order valence-electron chi connectivity index (χ4n) is 3.42. The Labute approximate surface area is 177 Å². The molecule has 1 amide bonds. The summed E-state index contributed by atoms with van der Waals surface area (Å²) >= 11 is 0. The molecule has 30 heavy (non-hydrogen) atoms. The number of morpholine rings is 1. The van der Waals surface area contributed by atoms with Gasteiger partial charge < -0.3 is 19.5 Å². The number of carbonyl (C=O) groups is 1. The molecular formula is C20H20ClF3N4O2. The van der Waals surface area contributed by atoms with Gasteiger partial charge in [-0.25, -0.2) is 4.98 Å². The topological polar surface area (TPSA) is 59.4 Å². The summed E-state index contributed by atoms with van der Waals surface area (Å²) in [5.74, 6) is 0.247. The molecule has 1 aromatic carbocycles. The first-order valence-electron chi connectivity index (χ1n) is 9.10. The second-order valence-electron chi connectivity index (χ2n) is 6.82. The van der Waals surface area contributed by atoms with Crippen LogP contribution in [-0.2, 0) is 18.0 Å². The van der Waals surface area contributed by atoms with Gasteiger partial charge in [0, 0.05) is 43.6 Å². The van der Waals surface area contributed by atoms with E-state index in [9.17, 15) is 18.0 Å². The van der Waals surface area contributed by atoms with Crippen molar-refractivity contribution < 1.29 is 22.7 Å². The van der Waals surface area contributed by atoms with Gasteiger partial charge >= 0.3 is 6.18 Å². The molecule has 1 aliphatic rings. The molecule has 6 nitrogen and oxygen atoms in total. The summed E-state index contributed by atoms with van der Waals surface area (Å²) in [7, 11) is 1.81. The number of aromatic nitrogens is 2. The third-order valence-corrected chi connectivity index (χ3v) is 4.89. The van der Waals surface area contributed by atoms with Crippen molar-refractivity contribution in [2.45, 2.75) is 6.18 Å². The molecule has 160 valence electrons. The highest BCUT2D eigenvalue weighted by molar-refractivity contribution is 6.08. The summed E-state index contributed by atoms with van der Waals surface area (Å²) in [6, 6.07) is 6.71. The van der Waals surface area contributed by atoms with E-state index in [2.05, 4.69) is 10.3 Å². The molecule has 1 saturated heterocycles. The fraction of sp³-hybridized carbons (Fsp3) is 0.300. The number of benzene rings is 1. The molecule has 0 bridgehead atoms. The molecule has 0 atom stereocenters. The standard InChI is InChI=1S/C20H19F3N4O2.ClH/c1-26-6-5-15-17(26)16(19(28)27-7-9-29-10-8-27)12-24-18(15)25-14-4-2-3-13(11-14)20(21,22)23;/h2-6,11-12H,7-10H2,1H3,(H,24,25);1H. The highest BCUT2D eigenvalue weighted by atomic mass is 35.5. The summed E-state index contributed by atoms with van der Waals surface area (Å²) in [6.45, 7) is 2.00. The molecule has 4 rings (SSSR count). The number of amides is 1. The second kappa shape index (κ2) is 8.53. The van der Waals surface area contributed by atoms with E-state index in [0.29, 0.717) is 48.6 Å². The van der Waals surface area contributed by atoms with E-state index in [1.54, 1.807) is 23.2 Å². The van der Waals surface area contributed by atoms with Gasteiger partial charge in [0.15, 0.2) is 0 Å². The van der Waals surface area contributed by atoms with Gasteiger partial charge in [0.25, 0.3) is 5.91 Å². The van der Waals surface area contributed by atoms with Crippen molar-refractivity contribution in [3.63, 3.8) is 0 Å². The number of nitrogens with one attached hydrogen (secondary N) is 1. The van der Waals surface area contributed by atoms with Crippen LogP contribution >= 0.6 is 12.4 Å². The number of rotatable bonds is 3. The van der Waals surface area contributed by atoms with Gasteiger partial charge in [-0.2, -0.15) is 13.2 Å². The maximum Gasteiger partial charge on any atom is 0.416 e. The van der Waals surface area contributed by atoms with Crippen molar-refractivity contribution in [3.8, 4) is 0 Å². The van der Waals surface area contributed by atoms with Crippen LogP contribution < -0.4 is 5.32 Å². The van der Waals surface area contributed by atoms with Crippen LogP contribution in [0.25, 0.3) is 10.9 Å². The summed E-state index contributed by atoms with van der Waals surface area (Å²) in [5, 5.41) is 3.61. The minimum Gasteiger partial charge on any atom is -0.378 e. The van der Waals surface area contributed by atoms with Gasteiger partial charge in [0.2, 0.25) is 0 Å². The van der Waals surface area contributed by atoms with E-state index in [0.717, 1.165) is 12.1 Å². The Bertz CT molecular complexity index is 1060. The molecule has 0 unspecified atom stereocenters. The highest BCUT2D eigenvalue weighted by Crippen LogP contribution is 2.33. The Balaban J connectivity index is 0.00000256. The number of anilines is 2. The van der Waals surface area contributed by atoms with Crippen LogP contribution in [0.15, 0.2) is 42.7 Å². The van der Waals surface area contributed by atoms with Gasteiger partial charge in [0.05, 0.1) is 29.9 Å². The maximum absolute atomic E-state index is 13.0. The quantitative estimate of drug-likeness (QED) is 0.662. The third kappa shape index (κ3) is 4.22. The zero-order valence-corrected chi connectivity index (χ0v) is 16.9. The summed E-state index contributed by atoms with van der Waals surface area (Å²) in [5.41, 5.74) is 0.644. The Morgan fingerprint density at radius 2 is 1.93 bits per heavy atom. The molecule has 10 heteroatoms. The van der Waals surface area contributed by atoms with Crippen molar-refractivity contribution >= 4 is 40.7 Å². The number of halogens is 4. The molecule has 3 heterocycles. The Morgan fingerprint density at radius 1 is 1.20 bits per heavy atom. The van der Waals surface area contributed by atoms with Gasteiger partial charge in [-0.15, -0.1) is 12.4 Å². The number of nitrogens with zero attached hydrogens (tertiary/aromatic N) is 3. The Hall–Kier alpha value is -2.78. The van der Waals surface area contributed by atoms with Crippen LogP contribution in [0.3, 0.4) is 0 Å². The van der Waals surface area contributed by atoms with E-state index in [1.807, 2.05) is 11.6 Å². The van der Waals surface area contributed by atoms with Crippen LogP contribution in [0.2, 0.25) is 0 Å². The normalized spacial score (nSPS) is 14.5. The lowest BCUT2D eigenvalue weighted by Gasteiger charge is -2.27. The highest BCUT2D eigenvalue weighted by Gasteiger charge is 2.30. The first-order chi connectivity index (χ1) is 13.8. The monoisotopic (exact) mass is 440 g/mol. The first-order valence-corrected chi connectivity index (χ1v) is 9.10. The summed E-state index contributed by atoms with van der Waals surface area (Å²) in [4.78, 5) is 19.0. The fourth-order valence-corrected chi connectivity index (χ4v) is 3.42. The van der Waals surface area contributed by atoms with Gasteiger partial charge in [-0.3, -0.25) is 4.79 Å². The Morgan fingerprint density at radius 3 is 2.63 bits per heavy atom. The molecule has 0 radical (unpaired) electrons. The van der Waals surface area contributed by atoms with Crippen molar-refractivity contribution in [1.82, 2.24) is 14.5 Å². The number of carbonyl (C=O) groups excluding carboxylic acids is 1. The van der Waals surface area contributed by atoms with E-state index >= 15 is 0 Å². The molecule has 3 aromatic rings. The average Bonchev–Trinajstić information content (AvgIpc) is 3.10. The summed E-state index contributed by atoms with van der Waals surface area (Å²) < 4.78 is 46.1. The molecule has 0 saturated carbocycles. The zero-order chi connectivity index (χ0) is 20.6. The van der Waals surface area contributed by atoms with Crippen molar-refractivity contribution in [3.05, 3.63) is 53.9 Å². The number of fused-ring (bicyclic) bond motifs is 1. The molecule has 1 N–H and O–H groups in total. The number of hydrogen-bond acceptors (Lipinski definition) is 4. The lowest BCUT2D eigenvalue weighted by atomic mass is 10.1. The van der Waals surface area contributed by atoms with Crippen molar-refractivity contribution in [1.29, 1.82) is 0 Å². The largest absolute Gasteiger partial charge is 0.416 e. The predicted molar refractivity (Wildman–Crippen MR) is 109 cm³/mol. The smallest absolute Gasteiger partial charge is 0.378 e. The number of alkyl halides is 3. The second-order valence-corrected chi connectivity index (χ2v) is 6.82. The molecular weight excluding hydrogens is 421 g/mol. The van der Waals surface area contributed by atoms with Gasteiger partial charge in [-0.1, -0.05) is 6.07 Å². The molecule has 0 spiro atoms. The van der Waals surface area contributed by atoms with Crippen LogP contribution in [0.5, 0.6) is 0 Å². The molecule has 2 aromatic heterocycles. The first kappa shape index (κ1) is 21.9. The van der Waals surface area contributed by atoms with Gasteiger partial charge in [-0.05, 0) is 24.3 Å². The van der Waals surface area contributed by atoms with E-state index in [-0.39, 0.29) is 24.0 Å². The minimum atomic E-state index is -4.43. The predicted octanol–water partition coefficient (Wildman–Crippen LogP) is 4.23. The molecule has 1 aliphatic heterocycles. The maximum atomic E-state index is 13.0. The summed E-state index contributed by atoms with van der Waals surface area (Å²) in [6.07, 6.45) is -1.17. The minimum absolute atomic E-state index is 0. The van der Waals surface area contributed by atoms with Crippen LogP contribution in [0.4, 0.5) is 24.7 Å². The lowest BCUT2D eigenvalue weighted by Crippen LogP contribution is -2.40. The third-order valence-electron chi connectivity index (χ3n) is 4.89. The van der Waals surface area contributed by atoms with Gasteiger partial charge in [0.1, 0.15) is 5.82 Å². The van der Waals surface area contributed by atoms with E-state index in [1.165, 1.54) is 12.3 Å². The van der Waals surface area contributed by atoms with Crippen LogP contribution in [0.1, 0.15) is 15.9 Å². The zero-order valence-electron chi connectivity index (χ0n) is 16.1. The number of ether oxygens (including phenoxy) is 1. The van der Waals surface area contributed by atoms with Crippen LogP contribution in [-0.4, -0.2) is 46.7 Å². The molecule has 0 aliphatic carbocycles. The SMILES string of the molecule is Cl.Cn1ccc2c(Nc3cccc(C(F)(F)F)c3)ncc(C(=O)N3CCOCC3)c21. The van der Waals surface area contributed by atoms with Crippen LogP contribution in [0, 0.1) is 0 Å². The number of pyridine rings is 1. The average molecular weight is 441 g/mol. The van der Waals surface area contributed by atoms with E-state index < -0.39 is 11.7 Å². The van der Waals surface area contributed by atoms with E-state index in [4.69, 9.17) is 4.74 Å². The Kier molecular flexibility index (Phi) is 6.23. The van der Waals surface area contributed by atoms with Crippen molar-refractivity contribution in [2.24, 2.45) is 7.05 Å². The number of aryl methyl sites for hydroxylation is 1. The lowest BCUT2D eigenvalue weighted by molar-refractivity contribution is -0.137. The number of hydrogen-bond donors (Lipinski definition) is 1. The van der Waals surface area contributed by atoms with Crippen molar-refractivity contribution in [2.75, 3.05) is 31.6 Å².